The molecule has 1 unspecified atom stereocenters. The number of morpholine rings is 1. The molecule has 7 heteroatoms. The summed E-state index contributed by atoms with van der Waals surface area (Å²) in [6.45, 7) is 6.33. The summed E-state index contributed by atoms with van der Waals surface area (Å²) in [5, 5.41) is 4.51. The van der Waals surface area contributed by atoms with Crippen molar-refractivity contribution in [3.8, 4) is 0 Å². The second-order valence-corrected chi connectivity index (χ2v) is 9.04. The lowest BCUT2D eigenvalue weighted by atomic mass is 10.0. The number of carbonyl (C=O) groups is 2. The van der Waals surface area contributed by atoms with E-state index in [1.807, 2.05) is 24.3 Å². The maximum absolute atomic E-state index is 13.7. The van der Waals surface area contributed by atoms with Gasteiger partial charge in [0.05, 0.1) is 24.4 Å². The van der Waals surface area contributed by atoms with E-state index >= 15 is 0 Å². The first-order valence-corrected chi connectivity index (χ1v) is 10.9. The number of hydrogen-bond donors (Lipinski definition) is 1. The molecular formula is C26H27FN2O4. The van der Waals surface area contributed by atoms with E-state index in [9.17, 15) is 14.0 Å². The van der Waals surface area contributed by atoms with Crippen molar-refractivity contribution in [2.75, 3.05) is 25.0 Å². The van der Waals surface area contributed by atoms with Crippen LogP contribution in [-0.2, 0) is 9.47 Å². The minimum atomic E-state index is -0.673. The molecule has 1 aliphatic rings. The summed E-state index contributed by atoms with van der Waals surface area (Å²) in [4.78, 5) is 27.7. The van der Waals surface area contributed by atoms with E-state index in [2.05, 4.69) is 5.32 Å². The average Bonchev–Trinajstić information content (AvgIpc) is 2.77. The Morgan fingerprint density at radius 1 is 1.06 bits per heavy atom. The standard InChI is InChI=1S/C26H27FN2O4/c1-26(2,3)33-25(31)28-22-15-18-8-5-4-7-17(18)14-21(22)24(30)29-11-12-32-23(16-29)19-9-6-10-20(27)13-19/h4-10,13-15,23H,11-12,16H2,1-3H3,(H,28,31). The molecule has 0 aromatic heterocycles. The Morgan fingerprint density at radius 3 is 2.48 bits per heavy atom. The van der Waals surface area contributed by atoms with Gasteiger partial charge in [-0.3, -0.25) is 10.1 Å². The zero-order valence-electron chi connectivity index (χ0n) is 18.9. The van der Waals surface area contributed by atoms with Crippen molar-refractivity contribution in [3.63, 3.8) is 0 Å². The lowest BCUT2D eigenvalue weighted by Crippen LogP contribution is -2.42. The normalized spacial score (nSPS) is 16.5. The molecule has 1 N–H and O–H groups in total. The molecule has 0 spiro atoms. The highest BCUT2D eigenvalue weighted by Crippen LogP contribution is 2.29. The zero-order chi connectivity index (χ0) is 23.6. The second-order valence-electron chi connectivity index (χ2n) is 9.04. The topological polar surface area (TPSA) is 67.9 Å². The van der Waals surface area contributed by atoms with E-state index in [1.165, 1.54) is 12.1 Å². The van der Waals surface area contributed by atoms with Crippen LogP contribution < -0.4 is 5.32 Å². The minimum Gasteiger partial charge on any atom is -0.444 e. The van der Waals surface area contributed by atoms with Gasteiger partial charge in [0.2, 0.25) is 0 Å². The quantitative estimate of drug-likeness (QED) is 0.569. The molecule has 6 nitrogen and oxygen atoms in total. The summed E-state index contributed by atoms with van der Waals surface area (Å²) in [6.07, 6.45) is -1.06. The fourth-order valence-corrected chi connectivity index (χ4v) is 3.85. The third-order valence-electron chi connectivity index (χ3n) is 5.33. The van der Waals surface area contributed by atoms with Crippen molar-refractivity contribution in [3.05, 3.63) is 77.6 Å². The van der Waals surface area contributed by atoms with Crippen LogP contribution in [0.25, 0.3) is 10.8 Å². The highest BCUT2D eigenvalue weighted by atomic mass is 19.1. The second kappa shape index (κ2) is 9.19. The van der Waals surface area contributed by atoms with Gasteiger partial charge in [0.1, 0.15) is 17.5 Å². The Morgan fingerprint density at radius 2 is 1.79 bits per heavy atom. The van der Waals surface area contributed by atoms with E-state index in [0.29, 0.717) is 30.0 Å². The molecule has 3 aromatic rings. The van der Waals surface area contributed by atoms with Crippen LogP contribution in [0.1, 0.15) is 42.8 Å². The molecule has 172 valence electrons. The van der Waals surface area contributed by atoms with Crippen molar-refractivity contribution < 1.29 is 23.5 Å². The monoisotopic (exact) mass is 450 g/mol. The molecule has 1 heterocycles. The van der Waals surface area contributed by atoms with E-state index in [-0.39, 0.29) is 18.3 Å². The van der Waals surface area contributed by atoms with Crippen LogP contribution in [0, 0.1) is 5.82 Å². The number of hydrogen-bond acceptors (Lipinski definition) is 4. The van der Waals surface area contributed by atoms with E-state index in [1.54, 1.807) is 49.9 Å². The molecule has 4 rings (SSSR count). The van der Waals surface area contributed by atoms with Gasteiger partial charge in [-0.25, -0.2) is 9.18 Å². The number of nitrogens with one attached hydrogen (secondary N) is 1. The maximum atomic E-state index is 13.7. The molecular weight excluding hydrogens is 423 g/mol. The SMILES string of the molecule is CC(C)(C)OC(=O)Nc1cc2ccccc2cc1C(=O)N1CCOC(c2cccc(F)c2)C1. The number of halogens is 1. The molecule has 1 fully saturated rings. The van der Waals surface area contributed by atoms with Crippen LogP contribution in [0.2, 0.25) is 0 Å². The first kappa shape index (κ1) is 22.7. The Balaban J connectivity index is 1.64. The van der Waals surface area contributed by atoms with Crippen LogP contribution >= 0.6 is 0 Å². The van der Waals surface area contributed by atoms with Crippen LogP contribution in [0.3, 0.4) is 0 Å². The summed E-state index contributed by atoms with van der Waals surface area (Å²) in [6, 6.07) is 17.4. The summed E-state index contributed by atoms with van der Waals surface area (Å²) in [5.41, 5.74) is 0.743. The van der Waals surface area contributed by atoms with Gasteiger partial charge in [-0.2, -0.15) is 0 Å². The number of anilines is 1. The number of rotatable bonds is 3. The van der Waals surface area contributed by atoms with E-state index in [0.717, 1.165) is 10.8 Å². The van der Waals surface area contributed by atoms with Crippen molar-refractivity contribution >= 4 is 28.5 Å². The molecule has 3 aromatic carbocycles. The van der Waals surface area contributed by atoms with Crippen molar-refractivity contribution in [1.29, 1.82) is 0 Å². The predicted octanol–water partition coefficient (Wildman–Crippen LogP) is 5.54. The van der Waals surface area contributed by atoms with Gasteiger partial charge >= 0.3 is 6.09 Å². The van der Waals surface area contributed by atoms with Crippen molar-refractivity contribution in [2.45, 2.75) is 32.5 Å². The van der Waals surface area contributed by atoms with Crippen LogP contribution in [0.15, 0.2) is 60.7 Å². The van der Waals surface area contributed by atoms with E-state index < -0.39 is 17.8 Å². The lowest BCUT2D eigenvalue weighted by molar-refractivity contribution is -0.0228. The first-order valence-electron chi connectivity index (χ1n) is 10.9. The van der Waals surface area contributed by atoms with E-state index in [4.69, 9.17) is 9.47 Å². The Labute approximate surface area is 192 Å². The van der Waals surface area contributed by atoms with Crippen molar-refractivity contribution in [1.82, 2.24) is 4.90 Å². The highest BCUT2D eigenvalue weighted by molar-refractivity contribution is 6.07. The van der Waals surface area contributed by atoms with Gasteiger partial charge < -0.3 is 14.4 Å². The Kier molecular flexibility index (Phi) is 6.33. The predicted molar refractivity (Wildman–Crippen MR) is 125 cm³/mol. The number of ether oxygens (including phenoxy) is 2. The maximum Gasteiger partial charge on any atom is 0.412 e. The molecule has 33 heavy (non-hydrogen) atoms. The number of nitrogens with zero attached hydrogens (tertiary/aromatic N) is 1. The average molecular weight is 451 g/mol. The number of benzene rings is 3. The molecule has 2 amide bonds. The highest BCUT2D eigenvalue weighted by Gasteiger charge is 2.28. The third-order valence-corrected chi connectivity index (χ3v) is 5.33. The third kappa shape index (κ3) is 5.49. The van der Waals surface area contributed by atoms with Crippen LogP contribution in [-0.4, -0.2) is 42.2 Å². The van der Waals surface area contributed by atoms with Gasteiger partial charge in [0.15, 0.2) is 0 Å². The lowest BCUT2D eigenvalue weighted by Gasteiger charge is -2.33. The van der Waals surface area contributed by atoms with Gasteiger partial charge in [-0.1, -0.05) is 36.4 Å². The number of amides is 2. The number of carbonyl (C=O) groups excluding carboxylic acids is 2. The molecule has 0 bridgehead atoms. The molecule has 1 atom stereocenters. The van der Waals surface area contributed by atoms with Gasteiger partial charge in [0, 0.05) is 6.54 Å². The molecule has 0 radical (unpaired) electrons. The smallest absolute Gasteiger partial charge is 0.412 e. The van der Waals surface area contributed by atoms with Gasteiger partial charge in [-0.05, 0) is 61.4 Å². The number of fused-ring (bicyclic) bond motifs is 1. The molecule has 0 saturated carbocycles. The summed E-state index contributed by atoms with van der Waals surface area (Å²) < 4.78 is 24.9. The first-order chi connectivity index (χ1) is 15.7. The molecule has 1 aliphatic heterocycles. The fourth-order valence-electron chi connectivity index (χ4n) is 3.85. The zero-order valence-corrected chi connectivity index (χ0v) is 18.9. The summed E-state index contributed by atoms with van der Waals surface area (Å²) >= 11 is 0. The van der Waals surface area contributed by atoms with Gasteiger partial charge in [-0.15, -0.1) is 0 Å². The Hall–Kier alpha value is -3.45. The molecule has 1 saturated heterocycles. The fraction of sp³-hybridized carbons (Fsp3) is 0.308. The summed E-state index contributed by atoms with van der Waals surface area (Å²) in [7, 11) is 0. The van der Waals surface area contributed by atoms with Crippen molar-refractivity contribution in [2.24, 2.45) is 0 Å². The summed E-state index contributed by atoms with van der Waals surface area (Å²) in [5.74, 6) is -0.588. The van der Waals surface area contributed by atoms with Crippen LogP contribution in [0.5, 0.6) is 0 Å². The largest absolute Gasteiger partial charge is 0.444 e. The Bertz CT molecular complexity index is 1190. The van der Waals surface area contributed by atoms with Crippen LogP contribution in [0.4, 0.5) is 14.9 Å². The van der Waals surface area contributed by atoms with Gasteiger partial charge in [0.25, 0.3) is 5.91 Å². The molecule has 0 aliphatic carbocycles. The minimum absolute atomic E-state index is 0.239.